The SMILES string of the molecule is CCOC(=O)CSc1ncc(Cl)cc1N. The zero-order valence-corrected chi connectivity index (χ0v) is 9.77. The number of carbonyl (C=O) groups is 1. The topological polar surface area (TPSA) is 65.2 Å². The van der Waals surface area contributed by atoms with Gasteiger partial charge >= 0.3 is 5.97 Å². The number of hydrogen-bond donors (Lipinski definition) is 1. The molecule has 0 saturated heterocycles. The fourth-order valence-corrected chi connectivity index (χ4v) is 1.75. The second kappa shape index (κ2) is 5.82. The first-order valence-corrected chi connectivity index (χ1v) is 5.69. The van der Waals surface area contributed by atoms with Crippen molar-refractivity contribution >= 4 is 35.0 Å². The van der Waals surface area contributed by atoms with E-state index in [1.54, 1.807) is 13.0 Å². The molecule has 82 valence electrons. The maximum atomic E-state index is 11.1. The molecular weight excluding hydrogens is 236 g/mol. The Morgan fingerprint density at radius 3 is 3.07 bits per heavy atom. The Labute approximate surface area is 97.2 Å². The molecule has 0 aromatic carbocycles. The molecule has 0 spiro atoms. The van der Waals surface area contributed by atoms with Crippen molar-refractivity contribution in [1.82, 2.24) is 4.98 Å². The van der Waals surface area contributed by atoms with Crippen LogP contribution in [-0.2, 0) is 9.53 Å². The molecule has 0 fully saturated rings. The zero-order valence-electron chi connectivity index (χ0n) is 8.20. The number of anilines is 1. The molecule has 1 rings (SSSR count). The van der Waals surface area contributed by atoms with Crippen molar-refractivity contribution < 1.29 is 9.53 Å². The van der Waals surface area contributed by atoms with Gasteiger partial charge in [-0.25, -0.2) is 4.98 Å². The lowest BCUT2D eigenvalue weighted by Gasteiger charge is -2.04. The summed E-state index contributed by atoms with van der Waals surface area (Å²) in [6, 6.07) is 1.60. The van der Waals surface area contributed by atoms with Gasteiger partial charge in [0.25, 0.3) is 0 Å². The van der Waals surface area contributed by atoms with E-state index in [0.29, 0.717) is 22.3 Å². The van der Waals surface area contributed by atoms with Crippen LogP contribution in [0.5, 0.6) is 0 Å². The van der Waals surface area contributed by atoms with Gasteiger partial charge in [0.15, 0.2) is 0 Å². The highest BCUT2D eigenvalue weighted by atomic mass is 35.5. The quantitative estimate of drug-likeness (QED) is 0.650. The number of ether oxygens (including phenoxy) is 1. The number of nitrogens with two attached hydrogens (primary N) is 1. The molecule has 0 radical (unpaired) electrons. The highest BCUT2D eigenvalue weighted by molar-refractivity contribution is 8.00. The maximum absolute atomic E-state index is 11.1. The molecule has 0 unspecified atom stereocenters. The summed E-state index contributed by atoms with van der Waals surface area (Å²) in [5.41, 5.74) is 6.13. The van der Waals surface area contributed by atoms with E-state index >= 15 is 0 Å². The van der Waals surface area contributed by atoms with E-state index in [1.807, 2.05) is 0 Å². The van der Waals surface area contributed by atoms with Crippen LogP contribution in [-0.4, -0.2) is 23.3 Å². The average Bonchev–Trinajstić information content (AvgIpc) is 2.17. The van der Waals surface area contributed by atoms with Crippen molar-refractivity contribution in [2.75, 3.05) is 18.1 Å². The number of rotatable bonds is 4. The molecule has 4 nitrogen and oxygen atoms in total. The molecule has 0 saturated carbocycles. The van der Waals surface area contributed by atoms with Gasteiger partial charge < -0.3 is 10.5 Å². The van der Waals surface area contributed by atoms with Crippen molar-refractivity contribution in [3.63, 3.8) is 0 Å². The van der Waals surface area contributed by atoms with Gasteiger partial charge in [0.2, 0.25) is 0 Å². The lowest BCUT2D eigenvalue weighted by Crippen LogP contribution is -2.07. The van der Waals surface area contributed by atoms with Gasteiger partial charge in [-0.3, -0.25) is 4.79 Å². The van der Waals surface area contributed by atoms with Crippen LogP contribution in [0.25, 0.3) is 0 Å². The third kappa shape index (κ3) is 3.97. The smallest absolute Gasteiger partial charge is 0.316 e. The molecule has 0 aliphatic carbocycles. The monoisotopic (exact) mass is 246 g/mol. The highest BCUT2D eigenvalue weighted by Crippen LogP contribution is 2.24. The fourth-order valence-electron chi connectivity index (χ4n) is 0.893. The minimum absolute atomic E-state index is 0.201. The van der Waals surface area contributed by atoms with Gasteiger partial charge in [-0.2, -0.15) is 0 Å². The molecule has 1 aromatic heterocycles. The summed E-state index contributed by atoms with van der Waals surface area (Å²) in [4.78, 5) is 15.1. The molecule has 0 atom stereocenters. The van der Waals surface area contributed by atoms with Gasteiger partial charge in [0.05, 0.1) is 23.1 Å². The molecule has 2 N–H and O–H groups in total. The Balaban J connectivity index is 2.54. The van der Waals surface area contributed by atoms with E-state index in [2.05, 4.69) is 4.98 Å². The Kier molecular flexibility index (Phi) is 4.71. The predicted octanol–water partition coefficient (Wildman–Crippen LogP) is 1.97. The van der Waals surface area contributed by atoms with Gasteiger partial charge in [-0.1, -0.05) is 23.4 Å². The average molecular weight is 247 g/mol. The van der Waals surface area contributed by atoms with E-state index in [4.69, 9.17) is 22.1 Å². The van der Waals surface area contributed by atoms with Crippen LogP contribution in [0.4, 0.5) is 5.69 Å². The maximum Gasteiger partial charge on any atom is 0.316 e. The normalized spacial score (nSPS) is 10.0. The highest BCUT2D eigenvalue weighted by Gasteiger charge is 2.07. The molecular formula is C9H11ClN2O2S. The predicted molar refractivity (Wildman–Crippen MR) is 61.0 cm³/mol. The summed E-state index contributed by atoms with van der Waals surface area (Å²) in [6.45, 7) is 2.14. The molecule has 1 heterocycles. The Bertz CT molecular complexity index is 360. The number of hydrogen-bond acceptors (Lipinski definition) is 5. The first kappa shape index (κ1) is 12.1. The van der Waals surface area contributed by atoms with E-state index in [-0.39, 0.29) is 11.7 Å². The standard InChI is InChI=1S/C9H11ClN2O2S/c1-2-14-8(13)5-15-9-7(11)3-6(10)4-12-9/h3-4H,2,5,11H2,1H3. The Morgan fingerprint density at radius 1 is 1.73 bits per heavy atom. The Hall–Kier alpha value is -0.940. The number of aromatic nitrogens is 1. The minimum atomic E-state index is -0.279. The fraction of sp³-hybridized carbons (Fsp3) is 0.333. The summed E-state index contributed by atoms with van der Waals surface area (Å²) in [5, 5.41) is 1.07. The third-order valence-corrected chi connectivity index (χ3v) is 2.68. The van der Waals surface area contributed by atoms with E-state index in [9.17, 15) is 4.79 Å². The van der Waals surface area contributed by atoms with E-state index in [1.165, 1.54) is 18.0 Å². The zero-order chi connectivity index (χ0) is 11.3. The summed E-state index contributed by atoms with van der Waals surface area (Å²) in [7, 11) is 0. The third-order valence-electron chi connectivity index (χ3n) is 1.48. The largest absolute Gasteiger partial charge is 0.465 e. The van der Waals surface area contributed by atoms with Crippen LogP contribution in [0.3, 0.4) is 0 Å². The van der Waals surface area contributed by atoms with Crippen molar-refractivity contribution in [3.05, 3.63) is 17.3 Å². The van der Waals surface area contributed by atoms with Gasteiger partial charge in [-0.15, -0.1) is 0 Å². The summed E-state index contributed by atoms with van der Waals surface area (Å²) >= 11 is 6.92. The number of carbonyl (C=O) groups excluding carboxylic acids is 1. The molecule has 6 heteroatoms. The first-order chi connectivity index (χ1) is 7.13. The molecule has 0 aliphatic heterocycles. The molecule has 15 heavy (non-hydrogen) atoms. The van der Waals surface area contributed by atoms with Crippen molar-refractivity contribution in [2.45, 2.75) is 11.9 Å². The van der Waals surface area contributed by atoms with Crippen LogP contribution in [0.1, 0.15) is 6.92 Å². The van der Waals surface area contributed by atoms with Gasteiger partial charge in [-0.05, 0) is 13.0 Å². The number of nitrogen functional groups attached to an aromatic ring is 1. The van der Waals surface area contributed by atoms with Crippen molar-refractivity contribution in [1.29, 1.82) is 0 Å². The van der Waals surface area contributed by atoms with Crippen LogP contribution in [0.2, 0.25) is 5.02 Å². The first-order valence-electron chi connectivity index (χ1n) is 4.33. The second-order valence-electron chi connectivity index (χ2n) is 2.64. The number of pyridine rings is 1. The molecule has 0 bridgehead atoms. The summed E-state index contributed by atoms with van der Waals surface area (Å²) in [5.74, 6) is -0.0780. The van der Waals surface area contributed by atoms with Crippen LogP contribution >= 0.6 is 23.4 Å². The van der Waals surface area contributed by atoms with Crippen LogP contribution in [0.15, 0.2) is 17.3 Å². The number of esters is 1. The minimum Gasteiger partial charge on any atom is -0.465 e. The number of thioether (sulfide) groups is 1. The van der Waals surface area contributed by atoms with E-state index in [0.717, 1.165) is 0 Å². The lowest BCUT2D eigenvalue weighted by atomic mass is 10.4. The summed E-state index contributed by atoms with van der Waals surface area (Å²) < 4.78 is 4.77. The van der Waals surface area contributed by atoms with Crippen molar-refractivity contribution in [3.8, 4) is 0 Å². The number of nitrogens with zero attached hydrogens (tertiary/aromatic N) is 1. The van der Waals surface area contributed by atoms with Gasteiger partial charge in [0.1, 0.15) is 5.03 Å². The molecule has 0 aliphatic rings. The summed E-state index contributed by atoms with van der Waals surface area (Å²) in [6.07, 6.45) is 1.49. The van der Waals surface area contributed by atoms with Gasteiger partial charge in [0, 0.05) is 6.20 Å². The second-order valence-corrected chi connectivity index (χ2v) is 4.04. The Morgan fingerprint density at radius 2 is 2.47 bits per heavy atom. The van der Waals surface area contributed by atoms with Crippen LogP contribution in [0, 0.1) is 0 Å². The van der Waals surface area contributed by atoms with Crippen LogP contribution < -0.4 is 5.73 Å². The lowest BCUT2D eigenvalue weighted by molar-refractivity contribution is -0.139. The van der Waals surface area contributed by atoms with E-state index < -0.39 is 0 Å². The van der Waals surface area contributed by atoms with Crippen molar-refractivity contribution in [2.24, 2.45) is 0 Å². The number of halogens is 1. The molecule has 0 amide bonds. The molecule has 1 aromatic rings.